The minimum atomic E-state index is -0.314. The molecule has 90 valence electrons. The molecule has 1 heterocycles. The third kappa shape index (κ3) is 2.50. The van der Waals surface area contributed by atoms with Crippen molar-refractivity contribution in [3.63, 3.8) is 0 Å². The number of rotatable bonds is 3. The first-order chi connectivity index (χ1) is 8.10. The summed E-state index contributed by atoms with van der Waals surface area (Å²) in [7, 11) is 0. The molecule has 2 aromatic rings. The zero-order valence-electron chi connectivity index (χ0n) is 9.77. The summed E-state index contributed by atoms with van der Waals surface area (Å²) in [6, 6.07) is 4.35. The Balaban J connectivity index is 2.36. The van der Waals surface area contributed by atoms with Crippen LogP contribution in [-0.4, -0.2) is 10.1 Å². The van der Waals surface area contributed by atoms with Crippen molar-refractivity contribution in [3.8, 4) is 11.4 Å². The quantitative estimate of drug-likeness (QED) is 0.888. The van der Waals surface area contributed by atoms with Gasteiger partial charge in [0, 0.05) is 5.56 Å². The molecular formula is C12H14FN3O. The van der Waals surface area contributed by atoms with Crippen LogP contribution in [-0.2, 0) is 0 Å². The van der Waals surface area contributed by atoms with Crippen molar-refractivity contribution in [2.45, 2.75) is 26.3 Å². The molecule has 1 atom stereocenters. The molecular weight excluding hydrogens is 221 g/mol. The number of nitrogens with zero attached hydrogens (tertiary/aromatic N) is 2. The van der Waals surface area contributed by atoms with E-state index in [-0.39, 0.29) is 11.9 Å². The van der Waals surface area contributed by atoms with Crippen LogP contribution >= 0.6 is 0 Å². The summed E-state index contributed by atoms with van der Waals surface area (Å²) in [6.45, 7) is 3.74. The van der Waals surface area contributed by atoms with Crippen molar-refractivity contribution in [1.82, 2.24) is 10.1 Å². The van der Waals surface area contributed by atoms with Crippen LogP contribution in [0.4, 0.5) is 4.39 Å². The van der Waals surface area contributed by atoms with Crippen molar-refractivity contribution in [3.05, 3.63) is 35.5 Å². The Kier molecular flexibility index (Phi) is 3.19. The van der Waals surface area contributed by atoms with E-state index in [1.54, 1.807) is 6.07 Å². The average Bonchev–Trinajstić information content (AvgIpc) is 2.76. The molecule has 0 amide bonds. The van der Waals surface area contributed by atoms with Gasteiger partial charge in [-0.2, -0.15) is 4.98 Å². The van der Waals surface area contributed by atoms with Crippen molar-refractivity contribution >= 4 is 0 Å². The van der Waals surface area contributed by atoms with Crippen LogP contribution in [0.15, 0.2) is 22.7 Å². The smallest absolute Gasteiger partial charge is 0.243 e. The van der Waals surface area contributed by atoms with Crippen LogP contribution < -0.4 is 5.73 Å². The molecule has 0 fully saturated rings. The van der Waals surface area contributed by atoms with Gasteiger partial charge < -0.3 is 10.3 Å². The standard InChI is InChI=1S/C12H14FN3O/c1-3-10(14)12-15-11(16-17-12)8-4-7(2)5-9(13)6-8/h4-6,10H,3,14H2,1-2H3/t10-/m1/s1. The second-order valence-electron chi connectivity index (χ2n) is 3.99. The van der Waals surface area contributed by atoms with Crippen LogP contribution in [0.5, 0.6) is 0 Å². The lowest BCUT2D eigenvalue weighted by Crippen LogP contribution is -2.08. The minimum Gasteiger partial charge on any atom is -0.337 e. The molecule has 2 N–H and O–H groups in total. The second-order valence-corrected chi connectivity index (χ2v) is 3.99. The Morgan fingerprint density at radius 2 is 2.18 bits per heavy atom. The molecule has 0 aliphatic carbocycles. The van der Waals surface area contributed by atoms with Crippen LogP contribution in [0.1, 0.15) is 30.8 Å². The highest BCUT2D eigenvalue weighted by molar-refractivity contribution is 5.55. The Labute approximate surface area is 98.6 Å². The van der Waals surface area contributed by atoms with Crippen molar-refractivity contribution in [2.24, 2.45) is 5.73 Å². The van der Waals surface area contributed by atoms with E-state index in [4.69, 9.17) is 10.3 Å². The van der Waals surface area contributed by atoms with E-state index >= 15 is 0 Å². The van der Waals surface area contributed by atoms with Gasteiger partial charge in [0.1, 0.15) is 5.82 Å². The molecule has 0 spiro atoms. The topological polar surface area (TPSA) is 64.9 Å². The summed E-state index contributed by atoms with van der Waals surface area (Å²) in [5.74, 6) is 0.432. The maximum atomic E-state index is 13.2. The third-order valence-corrected chi connectivity index (χ3v) is 2.50. The molecule has 5 heteroatoms. The molecule has 0 saturated heterocycles. The van der Waals surface area contributed by atoms with Gasteiger partial charge in [-0.1, -0.05) is 12.1 Å². The third-order valence-electron chi connectivity index (χ3n) is 2.50. The highest BCUT2D eigenvalue weighted by Crippen LogP contribution is 2.21. The summed E-state index contributed by atoms with van der Waals surface area (Å²) in [5.41, 5.74) is 7.18. The molecule has 0 radical (unpaired) electrons. The van der Waals surface area contributed by atoms with Crippen molar-refractivity contribution < 1.29 is 8.91 Å². The minimum absolute atomic E-state index is 0.272. The molecule has 0 bridgehead atoms. The SMILES string of the molecule is CC[C@@H](N)c1nc(-c2cc(C)cc(F)c2)no1. The zero-order valence-corrected chi connectivity index (χ0v) is 9.77. The Hall–Kier alpha value is -1.75. The van der Waals surface area contributed by atoms with Gasteiger partial charge in [-0.3, -0.25) is 0 Å². The number of nitrogens with two attached hydrogens (primary N) is 1. The molecule has 2 rings (SSSR count). The van der Waals surface area contributed by atoms with E-state index < -0.39 is 0 Å². The fourth-order valence-corrected chi connectivity index (χ4v) is 1.54. The Morgan fingerprint density at radius 3 is 2.82 bits per heavy atom. The first kappa shape index (κ1) is 11.7. The van der Waals surface area contributed by atoms with Crippen LogP contribution in [0, 0.1) is 12.7 Å². The molecule has 0 aliphatic heterocycles. The summed E-state index contributed by atoms with van der Waals surface area (Å²) in [4.78, 5) is 4.16. The number of hydrogen-bond donors (Lipinski definition) is 1. The maximum Gasteiger partial charge on any atom is 0.243 e. The fourth-order valence-electron chi connectivity index (χ4n) is 1.54. The van der Waals surface area contributed by atoms with Gasteiger partial charge in [-0.15, -0.1) is 0 Å². The van der Waals surface area contributed by atoms with Crippen molar-refractivity contribution in [1.29, 1.82) is 0 Å². The van der Waals surface area contributed by atoms with Crippen LogP contribution in [0.2, 0.25) is 0 Å². The number of halogens is 1. The highest BCUT2D eigenvalue weighted by atomic mass is 19.1. The lowest BCUT2D eigenvalue weighted by atomic mass is 10.1. The lowest BCUT2D eigenvalue weighted by molar-refractivity contribution is 0.352. The van der Waals surface area contributed by atoms with Gasteiger partial charge in [0.25, 0.3) is 0 Å². The molecule has 1 aromatic heterocycles. The number of aryl methyl sites for hydroxylation is 1. The molecule has 0 aliphatic rings. The highest BCUT2D eigenvalue weighted by Gasteiger charge is 2.14. The first-order valence-corrected chi connectivity index (χ1v) is 5.47. The largest absolute Gasteiger partial charge is 0.337 e. The Bertz CT molecular complexity index is 504. The van der Waals surface area contributed by atoms with Gasteiger partial charge in [-0.25, -0.2) is 4.39 Å². The predicted octanol–water partition coefficient (Wildman–Crippen LogP) is 2.59. The zero-order chi connectivity index (χ0) is 12.4. The average molecular weight is 235 g/mol. The molecule has 1 aromatic carbocycles. The van der Waals surface area contributed by atoms with Gasteiger partial charge in [-0.05, 0) is 37.1 Å². The van der Waals surface area contributed by atoms with Crippen LogP contribution in [0.3, 0.4) is 0 Å². The predicted molar refractivity (Wildman–Crippen MR) is 61.6 cm³/mol. The van der Waals surface area contributed by atoms with E-state index in [0.29, 0.717) is 23.7 Å². The second kappa shape index (κ2) is 4.63. The van der Waals surface area contributed by atoms with Gasteiger partial charge in [0.2, 0.25) is 11.7 Å². The van der Waals surface area contributed by atoms with Gasteiger partial charge in [0.05, 0.1) is 6.04 Å². The van der Waals surface area contributed by atoms with Gasteiger partial charge in [0.15, 0.2) is 0 Å². The monoisotopic (exact) mass is 235 g/mol. The lowest BCUT2D eigenvalue weighted by Gasteiger charge is -1.99. The van der Waals surface area contributed by atoms with E-state index in [1.807, 2.05) is 13.8 Å². The fraction of sp³-hybridized carbons (Fsp3) is 0.333. The van der Waals surface area contributed by atoms with Gasteiger partial charge >= 0.3 is 0 Å². The summed E-state index contributed by atoms with van der Waals surface area (Å²) in [6.07, 6.45) is 0.712. The summed E-state index contributed by atoms with van der Waals surface area (Å²) >= 11 is 0. The van der Waals surface area contributed by atoms with Crippen LogP contribution in [0.25, 0.3) is 11.4 Å². The van der Waals surface area contributed by atoms with Crippen molar-refractivity contribution in [2.75, 3.05) is 0 Å². The molecule has 4 nitrogen and oxygen atoms in total. The summed E-state index contributed by atoms with van der Waals surface area (Å²) < 4.78 is 18.3. The molecule has 17 heavy (non-hydrogen) atoms. The number of aromatic nitrogens is 2. The summed E-state index contributed by atoms with van der Waals surface area (Å²) in [5, 5.41) is 3.80. The van der Waals surface area contributed by atoms with E-state index in [0.717, 1.165) is 5.56 Å². The number of hydrogen-bond acceptors (Lipinski definition) is 4. The normalized spacial score (nSPS) is 12.7. The molecule has 0 saturated carbocycles. The number of benzene rings is 1. The van der Waals surface area contributed by atoms with E-state index in [2.05, 4.69) is 10.1 Å². The first-order valence-electron chi connectivity index (χ1n) is 5.47. The van der Waals surface area contributed by atoms with E-state index in [9.17, 15) is 4.39 Å². The van der Waals surface area contributed by atoms with E-state index in [1.165, 1.54) is 12.1 Å². The Morgan fingerprint density at radius 1 is 1.41 bits per heavy atom. The maximum absolute atomic E-state index is 13.2. The molecule has 0 unspecified atom stereocenters.